The number of hydrazone groups is 1. The number of hydrogen-bond donors (Lipinski definition) is 2. The minimum absolute atomic E-state index is 0.0747. The maximum absolute atomic E-state index is 11.9. The number of carbonyl (C=O) groups excluding carboxylic acids is 2. The average molecular weight is 247 g/mol. The first-order valence-electron chi connectivity index (χ1n) is 5.50. The van der Waals surface area contributed by atoms with Crippen molar-refractivity contribution >= 4 is 23.2 Å². The summed E-state index contributed by atoms with van der Waals surface area (Å²) >= 11 is 0. The van der Waals surface area contributed by atoms with Gasteiger partial charge >= 0.3 is 0 Å². The van der Waals surface area contributed by atoms with Crippen LogP contribution in [0, 0.1) is 0 Å². The Hall–Kier alpha value is -2.37. The summed E-state index contributed by atoms with van der Waals surface area (Å²) < 4.78 is 0. The highest BCUT2D eigenvalue weighted by molar-refractivity contribution is 6.43. The maximum atomic E-state index is 11.9. The second kappa shape index (κ2) is 4.87. The molecule has 0 radical (unpaired) electrons. The summed E-state index contributed by atoms with van der Waals surface area (Å²) in [5, 5.41) is 17.0. The molecule has 0 aliphatic carbocycles. The van der Waals surface area contributed by atoms with E-state index in [1.54, 1.807) is 12.1 Å². The zero-order valence-corrected chi connectivity index (χ0v) is 9.88. The van der Waals surface area contributed by atoms with Gasteiger partial charge < -0.3 is 10.4 Å². The molecule has 0 aromatic heterocycles. The van der Waals surface area contributed by atoms with Crippen molar-refractivity contribution in [3.63, 3.8) is 0 Å². The van der Waals surface area contributed by atoms with E-state index >= 15 is 0 Å². The average Bonchev–Trinajstić information content (AvgIpc) is 2.32. The predicted molar refractivity (Wildman–Crippen MR) is 66.2 cm³/mol. The molecule has 1 aromatic rings. The summed E-state index contributed by atoms with van der Waals surface area (Å²) in [7, 11) is 1.52. The number of benzene rings is 1. The Morgan fingerprint density at radius 1 is 1.44 bits per heavy atom. The number of aromatic hydroxyl groups is 1. The third-order valence-electron chi connectivity index (χ3n) is 2.57. The molecule has 1 aliphatic rings. The van der Waals surface area contributed by atoms with Gasteiger partial charge in [-0.2, -0.15) is 5.10 Å². The Morgan fingerprint density at radius 2 is 2.22 bits per heavy atom. The molecule has 2 N–H and O–H groups in total. The first kappa shape index (κ1) is 12.1. The van der Waals surface area contributed by atoms with E-state index in [0.717, 1.165) is 0 Å². The molecule has 0 saturated carbocycles. The van der Waals surface area contributed by atoms with Crippen molar-refractivity contribution in [2.75, 3.05) is 12.4 Å². The van der Waals surface area contributed by atoms with Gasteiger partial charge in [-0.1, -0.05) is 6.07 Å². The lowest BCUT2D eigenvalue weighted by molar-refractivity contribution is -0.130. The van der Waals surface area contributed by atoms with Crippen molar-refractivity contribution in [1.82, 2.24) is 5.01 Å². The minimum atomic E-state index is -0.361. The van der Waals surface area contributed by atoms with E-state index in [-0.39, 0.29) is 24.0 Å². The van der Waals surface area contributed by atoms with Crippen LogP contribution in [-0.4, -0.2) is 34.7 Å². The van der Waals surface area contributed by atoms with Gasteiger partial charge in [-0.3, -0.25) is 9.59 Å². The molecule has 0 spiro atoms. The van der Waals surface area contributed by atoms with Crippen molar-refractivity contribution in [2.45, 2.75) is 12.8 Å². The Morgan fingerprint density at radius 3 is 2.89 bits per heavy atom. The summed E-state index contributed by atoms with van der Waals surface area (Å²) in [4.78, 5) is 23.1. The summed E-state index contributed by atoms with van der Waals surface area (Å²) in [5.74, 6) is -0.394. The van der Waals surface area contributed by atoms with Crippen molar-refractivity contribution in [1.29, 1.82) is 0 Å². The standard InChI is InChI=1S/C12H13N3O3/c1-15-11(17)6-5-10(14-15)12(18)13-8-3-2-4-9(16)7-8/h2-4,7,16H,5-6H2,1H3,(H,13,18). The molecule has 1 aliphatic heterocycles. The zero-order chi connectivity index (χ0) is 13.1. The van der Waals surface area contributed by atoms with Crippen LogP contribution in [0.2, 0.25) is 0 Å². The van der Waals surface area contributed by atoms with E-state index in [4.69, 9.17) is 0 Å². The summed E-state index contributed by atoms with van der Waals surface area (Å²) in [6.07, 6.45) is 0.608. The lowest BCUT2D eigenvalue weighted by Crippen LogP contribution is -2.34. The smallest absolute Gasteiger partial charge is 0.271 e. The molecule has 0 atom stereocenters. The molecule has 94 valence electrons. The van der Waals surface area contributed by atoms with Gasteiger partial charge in [0, 0.05) is 31.6 Å². The van der Waals surface area contributed by atoms with Crippen LogP contribution in [-0.2, 0) is 9.59 Å². The minimum Gasteiger partial charge on any atom is -0.508 e. The number of hydrogen-bond acceptors (Lipinski definition) is 4. The molecular weight excluding hydrogens is 234 g/mol. The van der Waals surface area contributed by atoms with Gasteiger partial charge in [0.15, 0.2) is 0 Å². The molecular formula is C12H13N3O3. The molecule has 0 bridgehead atoms. The summed E-state index contributed by atoms with van der Waals surface area (Å²) in [6.45, 7) is 0. The van der Waals surface area contributed by atoms with Crippen molar-refractivity contribution in [3.05, 3.63) is 24.3 Å². The fourth-order valence-corrected chi connectivity index (χ4v) is 1.62. The quantitative estimate of drug-likeness (QED) is 0.815. The maximum Gasteiger partial charge on any atom is 0.271 e. The van der Waals surface area contributed by atoms with E-state index in [0.29, 0.717) is 17.8 Å². The van der Waals surface area contributed by atoms with Gasteiger partial charge in [0.25, 0.3) is 5.91 Å². The lowest BCUT2D eigenvalue weighted by Gasteiger charge is -2.18. The normalized spacial score (nSPS) is 15.3. The van der Waals surface area contributed by atoms with Crippen molar-refractivity contribution in [2.24, 2.45) is 5.10 Å². The number of amides is 2. The van der Waals surface area contributed by atoms with Crippen molar-refractivity contribution in [3.8, 4) is 5.75 Å². The van der Waals surface area contributed by atoms with E-state index in [2.05, 4.69) is 10.4 Å². The fourth-order valence-electron chi connectivity index (χ4n) is 1.62. The van der Waals surface area contributed by atoms with Crippen LogP contribution >= 0.6 is 0 Å². The Balaban J connectivity index is 2.09. The van der Waals surface area contributed by atoms with Crippen LogP contribution in [0.25, 0.3) is 0 Å². The van der Waals surface area contributed by atoms with Crippen LogP contribution in [0.3, 0.4) is 0 Å². The van der Waals surface area contributed by atoms with E-state index in [9.17, 15) is 14.7 Å². The number of carbonyl (C=O) groups is 2. The van der Waals surface area contributed by atoms with Crippen LogP contribution in [0.15, 0.2) is 29.4 Å². The third kappa shape index (κ3) is 2.65. The number of nitrogens with one attached hydrogen (secondary N) is 1. The van der Waals surface area contributed by atoms with Crippen LogP contribution in [0.5, 0.6) is 5.75 Å². The Kier molecular flexibility index (Phi) is 3.27. The topological polar surface area (TPSA) is 82.0 Å². The highest BCUT2D eigenvalue weighted by atomic mass is 16.3. The van der Waals surface area contributed by atoms with Crippen LogP contribution < -0.4 is 5.32 Å². The first-order valence-corrected chi connectivity index (χ1v) is 5.50. The Bertz CT molecular complexity index is 525. The fraction of sp³-hybridized carbons (Fsp3) is 0.250. The van der Waals surface area contributed by atoms with Gasteiger partial charge in [0.2, 0.25) is 5.91 Å². The third-order valence-corrected chi connectivity index (χ3v) is 2.57. The van der Waals surface area contributed by atoms with Gasteiger partial charge in [0.1, 0.15) is 11.5 Å². The molecule has 0 saturated heterocycles. The van der Waals surface area contributed by atoms with Crippen LogP contribution in [0.4, 0.5) is 5.69 Å². The van der Waals surface area contributed by atoms with E-state index in [1.165, 1.54) is 24.2 Å². The molecule has 1 heterocycles. The molecule has 18 heavy (non-hydrogen) atoms. The summed E-state index contributed by atoms with van der Waals surface area (Å²) in [6, 6.07) is 6.25. The van der Waals surface area contributed by atoms with E-state index in [1.807, 2.05) is 0 Å². The Labute approximate surface area is 104 Å². The van der Waals surface area contributed by atoms with E-state index < -0.39 is 0 Å². The molecule has 2 amide bonds. The molecule has 1 aromatic carbocycles. The number of phenols is 1. The molecule has 6 nitrogen and oxygen atoms in total. The largest absolute Gasteiger partial charge is 0.508 e. The van der Waals surface area contributed by atoms with Crippen LogP contribution in [0.1, 0.15) is 12.8 Å². The monoisotopic (exact) mass is 247 g/mol. The number of nitrogens with zero attached hydrogens (tertiary/aromatic N) is 2. The number of phenolic OH excluding ortho intramolecular Hbond substituents is 1. The van der Waals surface area contributed by atoms with Gasteiger partial charge in [-0.25, -0.2) is 5.01 Å². The molecule has 6 heteroatoms. The number of anilines is 1. The SMILES string of the molecule is CN1N=C(C(=O)Nc2cccc(O)c2)CCC1=O. The van der Waals surface area contributed by atoms with Crippen molar-refractivity contribution < 1.29 is 14.7 Å². The highest BCUT2D eigenvalue weighted by Crippen LogP contribution is 2.16. The summed E-state index contributed by atoms with van der Waals surface area (Å²) in [5.41, 5.74) is 0.794. The zero-order valence-electron chi connectivity index (χ0n) is 9.88. The lowest BCUT2D eigenvalue weighted by atomic mass is 10.1. The van der Waals surface area contributed by atoms with Gasteiger partial charge in [-0.15, -0.1) is 0 Å². The number of rotatable bonds is 2. The van der Waals surface area contributed by atoms with Gasteiger partial charge in [-0.05, 0) is 12.1 Å². The molecule has 2 rings (SSSR count). The predicted octanol–water partition coefficient (Wildman–Crippen LogP) is 0.939. The highest BCUT2D eigenvalue weighted by Gasteiger charge is 2.21. The second-order valence-corrected chi connectivity index (χ2v) is 3.97. The van der Waals surface area contributed by atoms with Gasteiger partial charge in [0.05, 0.1) is 0 Å². The molecule has 0 unspecified atom stereocenters. The second-order valence-electron chi connectivity index (χ2n) is 3.97. The molecule has 0 fully saturated rings. The first-order chi connectivity index (χ1) is 8.56.